The van der Waals surface area contributed by atoms with E-state index in [1.807, 2.05) is 7.05 Å². The van der Waals surface area contributed by atoms with E-state index < -0.39 is 0 Å². The van der Waals surface area contributed by atoms with Gasteiger partial charge < -0.3 is 9.64 Å². The first-order chi connectivity index (χ1) is 5.16. The maximum absolute atomic E-state index is 11.0. The minimum absolute atomic E-state index is 0.146. The zero-order valence-corrected chi connectivity index (χ0v) is 7.48. The lowest BCUT2D eigenvalue weighted by molar-refractivity contribution is -0.144. The molecule has 1 aliphatic rings. The second-order valence-corrected chi connectivity index (χ2v) is 3.05. The van der Waals surface area contributed by atoms with Crippen molar-refractivity contribution in [2.24, 2.45) is 0 Å². The van der Waals surface area contributed by atoms with Crippen LogP contribution in [0.1, 0.15) is 12.8 Å². The summed E-state index contributed by atoms with van der Waals surface area (Å²) in [5.41, 5.74) is 0. The lowest BCUT2D eigenvalue weighted by atomic mass is 10.2. The largest absolute Gasteiger partial charge is 0.467 e. The standard InChI is InChI=1S/C7H11NO2S/c1-8-5(7(9)10-2)3-4-6(8)11/h5H,3-4H2,1-2H3. The topological polar surface area (TPSA) is 29.5 Å². The van der Waals surface area contributed by atoms with Gasteiger partial charge in [-0.05, 0) is 6.42 Å². The van der Waals surface area contributed by atoms with Crippen molar-refractivity contribution >= 4 is 23.2 Å². The van der Waals surface area contributed by atoms with Gasteiger partial charge >= 0.3 is 5.97 Å². The number of esters is 1. The lowest BCUT2D eigenvalue weighted by Crippen LogP contribution is -2.35. The number of thiocarbonyl (C=S) groups is 1. The molecule has 0 aromatic heterocycles. The van der Waals surface area contributed by atoms with Gasteiger partial charge in [0, 0.05) is 13.5 Å². The molecule has 1 aliphatic heterocycles. The van der Waals surface area contributed by atoms with Crippen LogP contribution in [0.15, 0.2) is 0 Å². The summed E-state index contributed by atoms with van der Waals surface area (Å²) in [6.07, 6.45) is 1.62. The fourth-order valence-electron chi connectivity index (χ4n) is 1.22. The second kappa shape index (κ2) is 3.17. The molecule has 1 fully saturated rings. The molecule has 3 nitrogen and oxygen atoms in total. The van der Waals surface area contributed by atoms with Gasteiger partial charge in [-0.1, -0.05) is 12.2 Å². The number of nitrogens with zero attached hydrogens (tertiary/aromatic N) is 1. The summed E-state index contributed by atoms with van der Waals surface area (Å²) in [7, 11) is 3.23. The van der Waals surface area contributed by atoms with Crippen molar-refractivity contribution in [1.82, 2.24) is 4.90 Å². The highest BCUT2D eigenvalue weighted by molar-refractivity contribution is 7.80. The molecule has 1 heterocycles. The van der Waals surface area contributed by atoms with Crippen LogP contribution < -0.4 is 0 Å². The SMILES string of the molecule is COC(=O)C1CCC(=S)N1C. The fourth-order valence-corrected chi connectivity index (χ4v) is 1.46. The predicted octanol–water partition coefficient (Wildman–Crippen LogP) is 0.581. The third-order valence-corrected chi connectivity index (χ3v) is 2.46. The second-order valence-electron chi connectivity index (χ2n) is 2.58. The molecule has 0 saturated carbocycles. The first kappa shape index (κ1) is 8.46. The summed E-state index contributed by atoms with van der Waals surface area (Å²) in [5, 5.41) is 0. The number of rotatable bonds is 1. The number of hydrogen-bond donors (Lipinski definition) is 0. The van der Waals surface area contributed by atoms with E-state index in [1.54, 1.807) is 4.90 Å². The Labute approximate surface area is 71.3 Å². The van der Waals surface area contributed by atoms with E-state index in [0.29, 0.717) is 0 Å². The van der Waals surface area contributed by atoms with Gasteiger partial charge in [-0.15, -0.1) is 0 Å². The third-order valence-electron chi connectivity index (χ3n) is 1.97. The number of likely N-dealkylation sites (tertiary alicyclic amines) is 1. The smallest absolute Gasteiger partial charge is 0.328 e. The molecule has 11 heavy (non-hydrogen) atoms. The van der Waals surface area contributed by atoms with Gasteiger partial charge in [0.2, 0.25) is 0 Å². The molecular weight excluding hydrogens is 162 g/mol. The number of hydrogen-bond acceptors (Lipinski definition) is 3. The molecular formula is C7H11NO2S. The van der Waals surface area contributed by atoms with Crippen molar-refractivity contribution in [1.29, 1.82) is 0 Å². The highest BCUT2D eigenvalue weighted by Gasteiger charge is 2.31. The minimum atomic E-state index is -0.188. The van der Waals surface area contributed by atoms with Crippen LogP contribution in [-0.2, 0) is 9.53 Å². The summed E-state index contributed by atoms with van der Waals surface area (Å²) in [5.74, 6) is -0.188. The number of carbonyl (C=O) groups is 1. The van der Waals surface area contributed by atoms with Crippen LogP contribution in [-0.4, -0.2) is 36.1 Å². The van der Waals surface area contributed by atoms with Gasteiger partial charge in [0.15, 0.2) is 0 Å². The number of carbonyl (C=O) groups excluding carboxylic acids is 1. The van der Waals surface area contributed by atoms with Crippen LogP contribution in [0.2, 0.25) is 0 Å². The summed E-state index contributed by atoms with van der Waals surface area (Å²) < 4.78 is 4.61. The molecule has 0 bridgehead atoms. The first-order valence-corrected chi connectivity index (χ1v) is 3.91. The Kier molecular flexibility index (Phi) is 2.44. The van der Waals surface area contributed by atoms with Crippen molar-refractivity contribution in [3.8, 4) is 0 Å². The van der Waals surface area contributed by atoms with Gasteiger partial charge in [0.05, 0.1) is 12.1 Å². The Balaban J connectivity index is 2.61. The molecule has 0 amide bonds. The summed E-state index contributed by atoms with van der Waals surface area (Å²) >= 11 is 5.00. The molecule has 62 valence electrons. The Morgan fingerprint density at radius 3 is 2.82 bits per heavy atom. The number of likely N-dealkylation sites (N-methyl/N-ethyl adjacent to an activating group) is 1. The van der Waals surface area contributed by atoms with E-state index in [-0.39, 0.29) is 12.0 Å². The monoisotopic (exact) mass is 173 g/mol. The average Bonchev–Trinajstić information content (AvgIpc) is 2.32. The fraction of sp³-hybridized carbons (Fsp3) is 0.714. The van der Waals surface area contributed by atoms with E-state index in [1.165, 1.54) is 7.11 Å². The van der Waals surface area contributed by atoms with Crippen LogP contribution in [0.4, 0.5) is 0 Å². The van der Waals surface area contributed by atoms with Gasteiger partial charge in [-0.3, -0.25) is 0 Å². The van der Waals surface area contributed by atoms with Crippen molar-refractivity contribution < 1.29 is 9.53 Å². The van der Waals surface area contributed by atoms with E-state index in [9.17, 15) is 4.79 Å². The average molecular weight is 173 g/mol. The molecule has 0 N–H and O–H groups in total. The van der Waals surface area contributed by atoms with Gasteiger partial charge in [0.25, 0.3) is 0 Å². The number of ether oxygens (including phenoxy) is 1. The van der Waals surface area contributed by atoms with Crippen molar-refractivity contribution in [2.45, 2.75) is 18.9 Å². The third kappa shape index (κ3) is 1.50. The zero-order valence-electron chi connectivity index (χ0n) is 6.66. The number of methoxy groups -OCH3 is 1. The van der Waals surface area contributed by atoms with Crippen LogP contribution in [0, 0.1) is 0 Å². The zero-order chi connectivity index (χ0) is 8.43. The van der Waals surface area contributed by atoms with Crippen molar-refractivity contribution in [3.05, 3.63) is 0 Å². The molecule has 0 aromatic carbocycles. The molecule has 1 saturated heterocycles. The maximum Gasteiger partial charge on any atom is 0.328 e. The van der Waals surface area contributed by atoms with Gasteiger partial charge in [-0.25, -0.2) is 4.79 Å². The minimum Gasteiger partial charge on any atom is -0.467 e. The molecule has 0 radical (unpaired) electrons. The highest BCUT2D eigenvalue weighted by atomic mass is 32.1. The summed E-state index contributed by atoms with van der Waals surface area (Å²) in [4.78, 5) is 13.7. The molecule has 0 aliphatic carbocycles. The van der Waals surface area contributed by atoms with Crippen molar-refractivity contribution in [2.75, 3.05) is 14.2 Å². The first-order valence-electron chi connectivity index (χ1n) is 3.50. The van der Waals surface area contributed by atoms with Crippen molar-refractivity contribution in [3.63, 3.8) is 0 Å². The van der Waals surface area contributed by atoms with E-state index in [0.717, 1.165) is 17.8 Å². The highest BCUT2D eigenvalue weighted by Crippen LogP contribution is 2.18. The van der Waals surface area contributed by atoms with Crippen LogP contribution in [0.3, 0.4) is 0 Å². The van der Waals surface area contributed by atoms with Gasteiger partial charge in [0.1, 0.15) is 6.04 Å². The Morgan fingerprint density at radius 1 is 1.82 bits per heavy atom. The molecule has 1 atom stereocenters. The summed E-state index contributed by atoms with van der Waals surface area (Å²) in [6.45, 7) is 0. The quantitative estimate of drug-likeness (QED) is 0.428. The van der Waals surface area contributed by atoms with Crippen LogP contribution in [0.5, 0.6) is 0 Å². The molecule has 1 rings (SSSR count). The van der Waals surface area contributed by atoms with Crippen LogP contribution in [0.25, 0.3) is 0 Å². The van der Waals surface area contributed by atoms with Crippen LogP contribution >= 0.6 is 12.2 Å². The molecule has 4 heteroatoms. The normalized spacial score (nSPS) is 24.0. The van der Waals surface area contributed by atoms with E-state index >= 15 is 0 Å². The Hall–Kier alpha value is -0.640. The van der Waals surface area contributed by atoms with E-state index in [4.69, 9.17) is 12.2 Å². The van der Waals surface area contributed by atoms with Gasteiger partial charge in [-0.2, -0.15) is 0 Å². The predicted molar refractivity (Wildman–Crippen MR) is 45.4 cm³/mol. The molecule has 1 unspecified atom stereocenters. The molecule has 0 aromatic rings. The molecule has 0 spiro atoms. The Morgan fingerprint density at radius 2 is 2.45 bits per heavy atom. The summed E-state index contributed by atoms with van der Waals surface area (Å²) in [6, 6.07) is -0.146. The Bertz CT molecular complexity index is 193. The van der Waals surface area contributed by atoms with E-state index in [2.05, 4.69) is 4.74 Å². The lowest BCUT2D eigenvalue weighted by Gasteiger charge is -2.18. The maximum atomic E-state index is 11.0.